The third kappa shape index (κ3) is 6.10. The molecule has 126 valence electrons. The van der Waals surface area contributed by atoms with Gasteiger partial charge in [-0.15, -0.1) is 0 Å². The number of amides is 1. The number of aliphatic carboxylic acids is 1. The van der Waals surface area contributed by atoms with Crippen LogP contribution in [0.5, 0.6) is 0 Å². The molecule has 1 N–H and O–H groups in total. The van der Waals surface area contributed by atoms with Crippen molar-refractivity contribution in [3.05, 3.63) is 29.8 Å². The molecule has 0 aliphatic carbocycles. The van der Waals surface area contributed by atoms with Gasteiger partial charge in [-0.3, -0.25) is 4.79 Å². The van der Waals surface area contributed by atoms with E-state index in [1.807, 2.05) is 6.92 Å². The number of anilines is 1. The first-order chi connectivity index (χ1) is 10.8. The first kappa shape index (κ1) is 18.7. The lowest BCUT2D eigenvalue weighted by molar-refractivity contribution is -0.313. The molecule has 1 amide bonds. The molecule has 1 aromatic carbocycles. The summed E-state index contributed by atoms with van der Waals surface area (Å²) in [5.74, 6) is -3.87. The van der Waals surface area contributed by atoms with E-state index in [4.69, 9.17) is 0 Å². The second-order valence-corrected chi connectivity index (χ2v) is 5.67. The van der Waals surface area contributed by atoms with E-state index in [0.717, 1.165) is 12.8 Å². The SMILES string of the molecule is CCCC[C@@H](C(=O)[O-])[C@H](C)CC(=O)Nc1cccc(C(=O)[O-])c1. The highest BCUT2D eigenvalue weighted by Crippen LogP contribution is 2.22. The molecule has 0 aromatic heterocycles. The number of carboxylic acid groups (broad SMARTS) is 2. The molecule has 0 spiro atoms. The van der Waals surface area contributed by atoms with Crippen LogP contribution in [-0.4, -0.2) is 17.8 Å². The number of rotatable bonds is 9. The number of hydrogen-bond acceptors (Lipinski definition) is 5. The van der Waals surface area contributed by atoms with Gasteiger partial charge >= 0.3 is 0 Å². The van der Waals surface area contributed by atoms with Crippen LogP contribution in [0.4, 0.5) is 5.69 Å². The minimum absolute atomic E-state index is 0.0257. The molecular formula is C17H21NO5-2. The van der Waals surface area contributed by atoms with Gasteiger partial charge in [0.05, 0.1) is 5.97 Å². The van der Waals surface area contributed by atoms with Crippen molar-refractivity contribution >= 4 is 23.5 Å². The van der Waals surface area contributed by atoms with Crippen LogP contribution in [0, 0.1) is 11.8 Å². The van der Waals surface area contributed by atoms with Crippen molar-refractivity contribution in [3.8, 4) is 0 Å². The number of carbonyl (C=O) groups excluding carboxylic acids is 3. The molecule has 0 radical (unpaired) electrons. The molecule has 0 aliphatic heterocycles. The quantitative estimate of drug-likeness (QED) is 0.715. The van der Waals surface area contributed by atoms with Crippen LogP contribution in [-0.2, 0) is 9.59 Å². The summed E-state index contributed by atoms with van der Waals surface area (Å²) in [6, 6.07) is 5.72. The molecule has 2 atom stereocenters. The van der Waals surface area contributed by atoms with Crippen LogP contribution in [0.2, 0.25) is 0 Å². The summed E-state index contributed by atoms with van der Waals surface area (Å²) in [4.78, 5) is 34.0. The lowest BCUT2D eigenvalue weighted by Crippen LogP contribution is -2.36. The van der Waals surface area contributed by atoms with Gasteiger partial charge < -0.3 is 25.1 Å². The zero-order valence-electron chi connectivity index (χ0n) is 13.3. The summed E-state index contributed by atoms with van der Waals surface area (Å²) < 4.78 is 0. The Morgan fingerprint density at radius 1 is 1.22 bits per heavy atom. The van der Waals surface area contributed by atoms with E-state index in [9.17, 15) is 24.6 Å². The van der Waals surface area contributed by atoms with Crippen LogP contribution in [0.3, 0.4) is 0 Å². The normalized spacial score (nSPS) is 13.1. The molecule has 0 bridgehead atoms. The van der Waals surface area contributed by atoms with Gasteiger partial charge in [-0.25, -0.2) is 0 Å². The van der Waals surface area contributed by atoms with Gasteiger partial charge in [0.15, 0.2) is 0 Å². The molecule has 1 rings (SSSR count). The van der Waals surface area contributed by atoms with Crippen molar-refractivity contribution in [2.75, 3.05) is 5.32 Å². The molecule has 1 aromatic rings. The number of carboxylic acids is 2. The average molecular weight is 319 g/mol. The van der Waals surface area contributed by atoms with Crippen LogP contribution in [0.1, 0.15) is 49.9 Å². The lowest BCUT2D eigenvalue weighted by Gasteiger charge is -2.24. The maximum atomic E-state index is 12.0. The van der Waals surface area contributed by atoms with E-state index < -0.39 is 17.9 Å². The molecule has 6 heteroatoms. The van der Waals surface area contributed by atoms with Crippen molar-refractivity contribution in [2.45, 2.75) is 39.5 Å². The molecular weight excluding hydrogens is 298 g/mol. The highest BCUT2D eigenvalue weighted by molar-refractivity contribution is 5.93. The fourth-order valence-corrected chi connectivity index (χ4v) is 2.43. The lowest BCUT2D eigenvalue weighted by atomic mass is 9.87. The van der Waals surface area contributed by atoms with Crippen LogP contribution < -0.4 is 15.5 Å². The smallest absolute Gasteiger partial charge is 0.224 e. The maximum Gasteiger partial charge on any atom is 0.224 e. The van der Waals surface area contributed by atoms with E-state index in [1.165, 1.54) is 18.2 Å². The van der Waals surface area contributed by atoms with Gasteiger partial charge in [0.25, 0.3) is 0 Å². The molecule has 0 heterocycles. The Morgan fingerprint density at radius 2 is 1.91 bits per heavy atom. The fraction of sp³-hybridized carbons (Fsp3) is 0.471. The van der Waals surface area contributed by atoms with Gasteiger partial charge in [0, 0.05) is 24.0 Å². The number of unbranched alkanes of at least 4 members (excludes halogenated alkanes) is 1. The maximum absolute atomic E-state index is 12.0. The van der Waals surface area contributed by atoms with Crippen molar-refractivity contribution in [1.82, 2.24) is 0 Å². The fourth-order valence-electron chi connectivity index (χ4n) is 2.43. The number of benzene rings is 1. The monoisotopic (exact) mass is 319 g/mol. The molecule has 23 heavy (non-hydrogen) atoms. The highest BCUT2D eigenvalue weighted by Gasteiger charge is 2.21. The largest absolute Gasteiger partial charge is 0.550 e. The van der Waals surface area contributed by atoms with E-state index >= 15 is 0 Å². The zero-order valence-corrected chi connectivity index (χ0v) is 13.3. The second-order valence-electron chi connectivity index (χ2n) is 5.67. The summed E-state index contributed by atoms with van der Waals surface area (Å²) in [7, 11) is 0. The summed E-state index contributed by atoms with van der Waals surface area (Å²) in [5, 5.41) is 24.6. The Kier molecular flexibility index (Phi) is 7.25. The molecule has 6 nitrogen and oxygen atoms in total. The summed E-state index contributed by atoms with van der Waals surface area (Å²) in [5.41, 5.74) is 0.300. The van der Waals surface area contributed by atoms with E-state index in [-0.39, 0.29) is 23.8 Å². The average Bonchev–Trinajstić information content (AvgIpc) is 2.47. The van der Waals surface area contributed by atoms with Crippen LogP contribution in [0.25, 0.3) is 0 Å². The zero-order chi connectivity index (χ0) is 17.4. The molecule has 0 unspecified atom stereocenters. The summed E-state index contributed by atoms with van der Waals surface area (Å²) in [6.07, 6.45) is 2.14. The second kappa shape index (κ2) is 8.92. The van der Waals surface area contributed by atoms with Crippen molar-refractivity contribution in [2.24, 2.45) is 11.8 Å². The van der Waals surface area contributed by atoms with Crippen LogP contribution >= 0.6 is 0 Å². The molecule has 0 saturated heterocycles. The molecule has 0 saturated carbocycles. The topological polar surface area (TPSA) is 109 Å². The Morgan fingerprint density at radius 3 is 2.48 bits per heavy atom. The molecule has 0 aliphatic rings. The van der Waals surface area contributed by atoms with Crippen molar-refractivity contribution < 1.29 is 24.6 Å². The number of carbonyl (C=O) groups is 3. The minimum Gasteiger partial charge on any atom is -0.550 e. The Bertz CT molecular complexity index is 570. The first-order valence-corrected chi connectivity index (χ1v) is 7.67. The van der Waals surface area contributed by atoms with E-state index in [0.29, 0.717) is 12.1 Å². The van der Waals surface area contributed by atoms with Gasteiger partial charge in [-0.1, -0.05) is 38.8 Å². The van der Waals surface area contributed by atoms with E-state index in [1.54, 1.807) is 13.0 Å². The first-order valence-electron chi connectivity index (χ1n) is 7.67. The van der Waals surface area contributed by atoms with Crippen molar-refractivity contribution in [3.63, 3.8) is 0 Å². The summed E-state index contributed by atoms with van der Waals surface area (Å²) >= 11 is 0. The Hall–Kier alpha value is -2.37. The van der Waals surface area contributed by atoms with Gasteiger partial charge in [0.2, 0.25) is 5.91 Å². The van der Waals surface area contributed by atoms with Gasteiger partial charge in [-0.05, 0) is 30.0 Å². The third-order valence-corrected chi connectivity index (χ3v) is 3.75. The van der Waals surface area contributed by atoms with Crippen molar-refractivity contribution in [1.29, 1.82) is 0 Å². The van der Waals surface area contributed by atoms with E-state index in [2.05, 4.69) is 5.32 Å². The highest BCUT2D eigenvalue weighted by atomic mass is 16.4. The molecule has 0 fully saturated rings. The third-order valence-electron chi connectivity index (χ3n) is 3.75. The predicted octanol–water partition coefficient (Wildman–Crippen LogP) is 0.571. The minimum atomic E-state index is -1.33. The standard InChI is InChI=1S/C17H23NO5/c1-3-4-8-14(17(22)23)11(2)9-15(19)18-13-7-5-6-12(10-13)16(20)21/h5-7,10-11,14H,3-4,8-9H2,1-2H3,(H,18,19)(H,20,21)(H,22,23)/p-2/t11-,14-/m1/s1. The predicted molar refractivity (Wildman–Crippen MR) is 81.2 cm³/mol. The Balaban J connectivity index is 2.65. The number of aromatic carboxylic acids is 1. The van der Waals surface area contributed by atoms with Gasteiger partial charge in [0.1, 0.15) is 0 Å². The number of hydrogen-bond donors (Lipinski definition) is 1. The summed E-state index contributed by atoms with van der Waals surface area (Å²) in [6.45, 7) is 3.67. The Labute approximate surface area is 135 Å². The number of nitrogens with one attached hydrogen (secondary N) is 1. The van der Waals surface area contributed by atoms with Crippen LogP contribution in [0.15, 0.2) is 24.3 Å². The van der Waals surface area contributed by atoms with Gasteiger partial charge in [-0.2, -0.15) is 0 Å².